The molecule has 0 bridgehead atoms. The third kappa shape index (κ3) is 9.04. The number of carbonyl (C=O) groups excluding carboxylic acids is 1. The van der Waals surface area contributed by atoms with Crippen molar-refractivity contribution in [2.45, 2.75) is 51.6 Å². The molecule has 3 aromatic carbocycles. The van der Waals surface area contributed by atoms with Gasteiger partial charge in [-0.1, -0.05) is 74.3 Å². The van der Waals surface area contributed by atoms with E-state index in [1.807, 2.05) is 71.3 Å². The Morgan fingerprint density at radius 1 is 0.917 bits per heavy atom. The first-order valence-electron chi connectivity index (χ1n) is 16.1. The number of hydrogen-bond donors (Lipinski definition) is 0. The molecule has 2 atom stereocenters. The summed E-state index contributed by atoms with van der Waals surface area (Å²) in [5.41, 5.74) is 3.61. The molecule has 0 radical (unpaired) electrons. The smallest absolute Gasteiger partial charge is 0.326 e. The molecule has 8 nitrogen and oxygen atoms in total. The van der Waals surface area contributed by atoms with Gasteiger partial charge in [0.25, 0.3) is 0 Å². The van der Waals surface area contributed by atoms with Crippen LogP contribution in [0.5, 0.6) is 5.75 Å². The van der Waals surface area contributed by atoms with Crippen molar-refractivity contribution in [3.63, 3.8) is 0 Å². The van der Waals surface area contributed by atoms with Gasteiger partial charge in [-0.15, -0.1) is 12.4 Å². The largest absolute Gasteiger partial charge is 0.493 e. The number of sulfone groups is 1. The molecule has 0 N–H and O–H groups in total. The van der Waals surface area contributed by atoms with Crippen LogP contribution in [0.2, 0.25) is 10.0 Å². The summed E-state index contributed by atoms with van der Waals surface area (Å²) in [6, 6.07) is 20.4. The average molecular weight is 736 g/mol. The Morgan fingerprint density at radius 3 is 2.04 bits per heavy atom. The molecule has 3 aromatic rings. The maximum absolute atomic E-state index is 14.8. The highest BCUT2D eigenvalue weighted by molar-refractivity contribution is 7.90. The molecule has 260 valence electrons. The van der Waals surface area contributed by atoms with Gasteiger partial charge in [0.2, 0.25) is 0 Å². The van der Waals surface area contributed by atoms with E-state index < -0.39 is 21.9 Å². The van der Waals surface area contributed by atoms with Crippen LogP contribution < -0.4 is 4.74 Å². The van der Waals surface area contributed by atoms with E-state index in [2.05, 4.69) is 37.8 Å². The lowest BCUT2D eigenvalue weighted by Crippen LogP contribution is -2.54. The molecule has 0 aliphatic carbocycles. The molecule has 1 saturated heterocycles. The summed E-state index contributed by atoms with van der Waals surface area (Å²) in [6.45, 7) is 11.9. The number of aliphatic imine (C=N–C) groups is 1. The van der Waals surface area contributed by atoms with Crippen LogP contribution in [0.4, 0.5) is 4.79 Å². The van der Waals surface area contributed by atoms with Gasteiger partial charge in [0.05, 0.1) is 24.0 Å². The van der Waals surface area contributed by atoms with Crippen molar-refractivity contribution in [3.05, 3.63) is 99.0 Å². The Balaban J connectivity index is 0.00000520. The number of nitrogens with zero attached hydrogens (tertiary/aromatic N) is 4. The number of amides is 2. The Hall–Kier alpha value is -2.82. The normalized spacial score (nSPS) is 18.8. The SMILES string of the molecule is CCOc1cc(C(C)(C)C)ccc1C1=N[C@@H](c2ccc(Cl)cc2)[C@@H](c2ccc(Cl)cc2)N1C(=O)N1CCN(CCCS(C)(=O)=O)CC1.Cl. The van der Waals surface area contributed by atoms with Gasteiger partial charge in [-0.3, -0.25) is 14.8 Å². The Kier molecular flexibility index (Phi) is 12.5. The number of ether oxygens (including phenoxy) is 1. The first kappa shape index (κ1) is 38.0. The van der Waals surface area contributed by atoms with Crippen LogP contribution in [0, 0.1) is 0 Å². The van der Waals surface area contributed by atoms with Crippen LogP contribution in [-0.2, 0) is 15.3 Å². The van der Waals surface area contributed by atoms with Crippen LogP contribution in [0.1, 0.15) is 68.5 Å². The van der Waals surface area contributed by atoms with Gasteiger partial charge in [0.15, 0.2) is 0 Å². The van der Waals surface area contributed by atoms with Crippen LogP contribution in [-0.4, -0.2) is 86.3 Å². The van der Waals surface area contributed by atoms with Crippen LogP contribution in [0.15, 0.2) is 71.7 Å². The van der Waals surface area contributed by atoms with E-state index in [-0.39, 0.29) is 29.6 Å². The minimum Gasteiger partial charge on any atom is -0.493 e. The van der Waals surface area contributed by atoms with E-state index in [1.54, 1.807) is 0 Å². The fourth-order valence-electron chi connectivity index (χ4n) is 6.17. The summed E-state index contributed by atoms with van der Waals surface area (Å²) < 4.78 is 29.5. The van der Waals surface area contributed by atoms with Gasteiger partial charge in [-0.05, 0) is 78.4 Å². The fraction of sp³-hybridized carbons (Fsp3) is 0.444. The second-order valence-corrected chi connectivity index (χ2v) is 16.4. The standard InChI is InChI=1S/C36H44Cl2N4O4S.ClH/c1-6-46-31-24-27(36(2,3)4)12-17-30(31)34-39-32(25-8-13-28(37)14-9-25)33(26-10-15-29(38)16-11-26)42(34)35(43)41-21-19-40(20-22-41)18-7-23-47(5,44)45;/h8-17,24,32-33H,6-7,18-23H2,1-5H3;1H/t32-,33+;/m0./s1. The van der Waals surface area contributed by atoms with Gasteiger partial charge in [-0.25, -0.2) is 13.2 Å². The maximum Gasteiger partial charge on any atom is 0.326 e. The zero-order valence-corrected chi connectivity index (χ0v) is 31.3. The number of amidine groups is 1. The minimum atomic E-state index is -3.01. The Labute approximate surface area is 301 Å². The molecule has 2 aliphatic heterocycles. The lowest BCUT2D eigenvalue weighted by atomic mass is 9.86. The average Bonchev–Trinajstić information content (AvgIpc) is 3.41. The molecular weight excluding hydrogens is 691 g/mol. The van der Waals surface area contributed by atoms with Gasteiger partial charge < -0.3 is 9.64 Å². The Morgan fingerprint density at radius 2 is 1.50 bits per heavy atom. The molecule has 0 aromatic heterocycles. The van der Waals surface area contributed by atoms with E-state index >= 15 is 0 Å². The van der Waals surface area contributed by atoms with Crippen molar-refractivity contribution in [2.75, 3.05) is 51.3 Å². The summed E-state index contributed by atoms with van der Waals surface area (Å²) in [5, 5.41) is 1.23. The summed E-state index contributed by atoms with van der Waals surface area (Å²) >= 11 is 12.6. The molecule has 2 heterocycles. The van der Waals surface area contributed by atoms with Crippen molar-refractivity contribution in [3.8, 4) is 5.75 Å². The highest BCUT2D eigenvalue weighted by atomic mass is 35.5. The Bertz CT molecular complexity index is 1700. The van der Waals surface area contributed by atoms with Crippen molar-refractivity contribution < 1.29 is 17.9 Å². The monoisotopic (exact) mass is 734 g/mol. The van der Waals surface area contributed by atoms with Gasteiger partial charge >= 0.3 is 6.03 Å². The van der Waals surface area contributed by atoms with Gasteiger partial charge in [-0.2, -0.15) is 0 Å². The number of rotatable bonds is 9. The number of hydrogen-bond acceptors (Lipinski definition) is 6. The zero-order chi connectivity index (χ0) is 33.9. The third-order valence-corrected chi connectivity index (χ3v) is 10.3. The number of carbonyl (C=O) groups is 1. The first-order chi connectivity index (χ1) is 22.2. The van der Waals surface area contributed by atoms with E-state index in [9.17, 15) is 13.2 Å². The number of benzene rings is 3. The van der Waals surface area contributed by atoms with Crippen LogP contribution in [0.3, 0.4) is 0 Å². The van der Waals surface area contributed by atoms with E-state index in [0.29, 0.717) is 67.4 Å². The molecule has 12 heteroatoms. The predicted octanol–water partition coefficient (Wildman–Crippen LogP) is 7.83. The fourth-order valence-corrected chi connectivity index (χ4v) is 7.07. The van der Waals surface area contributed by atoms with Gasteiger partial charge in [0, 0.05) is 42.5 Å². The third-order valence-electron chi connectivity index (χ3n) is 8.72. The molecule has 0 unspecified atom stereocenters. The highest BCUT2D eigenvalue weighted by Gasteiger charge is 2.45. The zero-order valence-electron chi connectivity index (χ0n) is 28.2. The summed E-state index contributed by atoms with van der Waals surface area (Å²) in [6.07, 6.45) is 1.84. The number of piperazine rings is 1. The molecule has 2 aliphatic rings. The van der Waals surface area contributed by atoms with Crippen LogP contribution in [0.25, 0.3) is 0 Å². The van der Waals surface area contributed by atoms with E-state index in [4.69, 9.17) is 32.9 Å². The quantitative estimate of drug-likeness (QED) is 0.224. The highest BCUT2D eigenvalue weighted by Crippen LogP contribution is 2.46. The summed E-state index contributed by atoms with van der Waals surface area (Å²) in [7, 11) is -3.01. The van der Waals surface area contributed by atoms with Crippen molar-refractivity contribution >= 4 is 57.3 Å². The lowest BCUT2D eigenvalue weighted by molar-refractivity contribution is 0.119. The lowest BCUT2D eigenvalue weighted by Gasteiger charge is -2.39. The van der Waals surface area contributed by atoms with Crippen molar-refractivity contribution in [1.82, 2.24) is 14.7 Å². The molecule has 48 heavy (non-hydrogen) atoms. The van der Waals surface area contributed by atoms with E-state index in [1.165, 1.54) is 6.26 Å². The molecule has 0 saturated carbocycles. The van der Waals surface area contributed by atoms with Crippen molar-refractivity contribution in [2.24, 2.45) is 4.99 Å². The second-order valence-electron chi connectivity index (χ2n) is 13.3. The topological polar surface area (TPSA) is 82.5 Å². The first-order valence-corrected chi connectivity index (χ1v) is 18.9. The molecular formula is C36H45Cl3N4O4S. The molecule has 5 rings (SSSR count). The molecule has 2 amide bonds. The number of urea groups is 1. The van der Waals surface area contributed by atoms with Crippen molar-refractivity contribution in [1.29, 1.82) is 0 Å². The second kappa shape index (κ2) is 15.8. The number of halogens is 3. The summed E-state index contributed by atoms with van der Waals surface area (Å²) in [4.78, 5) is 26.0. The summed E-state index contributed by atoms with van der Waals surface area (Å²) in [5.74, 6) is 1.39. The molecule has 1 fully saturated rings. The van der Waals surface area contributed by atoms with Crippen LogP contribution >= 0.6 is 35.6 Å². The van der Waals surface area contributed by atoms with E-state index in [0.717, 1.165) is 22.3 Å². The molecule has 0 spiro atoms. The maximum atomic E-state index is 14.8. The van der Waals surface area contributed by atoms with Gasteiger partial charge in [0.1, 0.15) is 27.5 Å². The minimum absolute atomic E-state index is 0. The predicted molar refractivity (Wildman–Crippen MR) is 198 cm³/mol.